The number of benzene rings is 1. The van der Waals surface area contributed by atoms with Crippen LogP contribution in [0, 0.1) is 5.41 Å². The molecule has 126 valence electrons. The number of carbonyl (C=O) groups is 1. The summed E-state index contributed by atoms with van der Waals surface area (Å²) in [5.74, 6) is -0.151. The van der Waals surface area contributed by atoms with Gasteiger partial charge in [-0.25, -0.2) is 0 Å². The van der Waals surface area contributed by atoms with Crippen LogP contribution < -0.4 is 11.1 Å². The lowest BCUT2D eigenvalue weighted by atomic mass is 9.54. The van der Waals surface area contributed by atoms with Crippen LogP contribution in [0.4, 0.5) is 5.69 Å². The van der Waals surface area contributed by atoms with Gasteiger partial charge in [-0.15, -0.1) is 12.4 Å². The van der Waals surface area contributed by atoms with Crippen molar-refractivity contribution in [3.63, 3.8) is 0 Å². The van der Waals surface area contributed by atoms with Crippen molar-refractivity contribution in [3.8, 4) is 0 Å². The molecule has 0 radical (unpaired) electrons. The highest BCUT2D eigenvalue weighted by molar-refractivity contribution is 6.05. The summed E-state index contributed by atoms with van der Waals surface area (Å²) in [7, 11) is 0. The Hall–Kier alpha value is -1.56. The van der Waals surface area contributed by atoms with E-state index in [1.54, 1.807) is 0 Å². The Labute approximate surface area is 142 Å². The van der Waals surface area contributed by atoms with E-state index < -0.39 is 5.54 Å². The number of hydrogen-bond donors (Lipinski definition) is 3. The van der Waals surface area contributed by atoms with Crippen LogP contribution in [0.15, 0.2) is 30.5 Å². The summed E-state index contributed by atoms with van der Waals surface area (Å²) in [6.07, 6.45) is 2.43. The molecule has 1 aliphatic carbocycles. The van der Waals surface area contributed by atoms with Gasteiger partial charge in [0.05, 0.1) is 11.8 Å². The summed E-state index contributed by atoms with van der Waals surface area (Å²) in [6.45, 7) is 6.58. The maximum Gasteiger partial charge on any atom is 0.245 e. The summed E-state index contributed by atoms with van der Waals surface area (Å²) >= 11 is 0. The Morgan fingerprint density at radius 2 is 2.17 bits per heavy atom. The molecule has 1 aromatic heterocycles. The number of hydrogen-bond acceptors (Lipinski definition) is 3. The van der Waals surface area contributed by atoms with Crippen molar-refractivity contribution in [2.75, 3.05) is 11.9 Å². The van der Waals surface area contributed by atoms with Crippen LogP contribution in [0.3, 0.4) is 0 Å². The number of carbonyl (C=O) groups excluding carboxylic acids is 1. The highest BCUT2D eigenvalue weighted by atomic mass is 35.5. The van der Waals surface area contributed by atoms with Crippen molar-refractivity contribution in [1.82, 2.24) is 4.98 Å². The Morgan fingerprint density at radius 1 is 1.43 bits per heavy atom. The van der Waals surface area contributed by atoms with Crippen LogP contribution in [0.2, 0.25) is 0 Å². The molecule has 23 heavy (non-hydrogen) atoms. The van der Waals surface area contributed by atoms with E-state index in [0.29, 0.717) is 13.0 Å². The zero-order valence-corrected chi connectivity index (χ0v) is 14.5. The number of nitrogens with two attached hydrogens (primary N) is 1. The standard InChI is InChI=1S/C17H23N3O2.ClH/c1-4-22-14-10-17(18,16(14,2)3)15(21)20-13-7-5-6-12-11(13)8-9-19-12;/h5-9,14,19H,4,10,18H2,1-3H3,(H,20,21);1H. The van der Waals surface area contributed by atoms with E-state index in [0.717, 1.165) is 16.6 Å². The molecule has 0 aliphatic heterocycles. The Morgan fingerprint density at radius 3 is 2.83 bits per heavy atom. The average molecular weight is 338 g/mol. The van der Waals surface area contributed by atoms with E-state index in [9.17, 15) is 4.79 Å². The summed E-state index contributed by atoms with van der Waals surface area (Å²) in [5, 5.41) is 3.98. The van der Waals surface area contributed by atoms with Gasteiger partial charge in [0, 0.05) is 35.5 Å². The molecular formula is C17H24ClN3O2. The van der Waals surface area contributed by atoms with Gasteiger partial charge in [-0.05, 0) is 25.1 Å². The SMILES string of the molecule is CCOC1CC(N)(C(=O)Nc2cccc3[nH]ccc23)C1(C)C.Cl. The topological polar surface area (TPSA) is 80.1 Å². The Bertz CT molecular complexity index is 713. The fraction of sp³-hybridized carbons (Fsp3) is 0.471. The Balaban J connectivity index is 0.00000192. The van der Waals surface area contributed by atoms with Crippen LogP contribution >= 0.6 is 12.4 Å². The number of nitrogens with one attached hydrogen (secondary N) is 2. The van der Waals surface area contributed by atoms with Gasteiger partial charge >= 0.3 is 0 Å². The zero-order chi connectivity index (χ0) is 16.0. The van der Waals surface area contributed by atoms with Crippen LogP contribution in [0.1, 0.15) is 27.2 Å². The number of aromatic nitrogens is 1. The van der Waals surface area contributed by atoms with E-state index in [-0.39, 0.29) is 29.8 Å². The largest absolute Gasteiger partial charge is 0.378 e. The molecular weight excluding hydrogens is 314 g/mol. The fourth-order valence-corrected chi connectivity index (χ4v) is 3.25. The predicted molar refractivity (Wildman–Crippen MR) is 94.9 cm³/mol. The summed E-state index contributed by atoms with van der Waals surface area (Å²) in [6, 6.07) is 7.72. The quantitative estimate of drug-likeness (QED) is 0.802. The minimum absolute atomic E-state index is 0. The maximum absolute atomic E-state index is 12.7. The second-order valence-electron chi connectivity index (χ2n) is 6.54. The van der Waals surface area contributed by atoms with Crippen molar-refractivity contribution < 1.29 is 9.53 Å². The molecule has 2 atom stereocenters. The van der Waals surface area contributed by atoms with Gasteiger partial charge in [-0.3, -0.25) is 4.79 Å². The predicted octanol–water partition coefficient (Wildman–Crippen LogP) is 3.06. The van der Waals surface area contributed by atoms with E-state index in [4.69, 9.17) is 10.5 Å². The lowest BCUT2D eigenvalue weighted by Gasteiger charge is -2.57. The first kappa shape index (κ1) is 17.8. The van der Waals surface area contributed by atoms with Gasteiger partial charge in [0.15, 0.2) is 0 Å². The number of halogens is 1. The van der Waals surface area contributed by atoms with Crippen molar-refractivity contribution >= 4 is 34.9 Å². The molecule has 0 bridgehead atoms. The van der Waals surface area contributed by atoms with E-state index in [1.807, 2.05) is 51.2 Å². The van der Waals surface area contributed by atoms with Crippen molar-refractivity contribution in [2.45, 2.75) is 38.8 Å². The monoisotopic (exact) mass is 337 g/mol. The van der Waals surface area contributed by atoms with Crippen LogP contribution in [-0.4, -0.2) is 29.1 Å². The first-order chi connectivity index (χ1) is 10.4. The van der Waals surface area contributed by atoms with Crippen LogP contribution in [0.25, 0.3) is 10.9 Å². The smallest absolute Gasteiger partial charge is 0.245 e. The number of aromatic amines is 1. The summed E-state index contributed by atoms with van der Waals surface area (Å²) < 4.78 is 5.68. The normalized spacial score (nSPS) is 25.5. The highest BCUT2D eigenvalue weighted by Gasteiger charge is 2.62. The molecule has 4 N–H and O–H groups in total. The van der Waals surface area contributed by atoms with E-state index in [2.05, 4.69) is 10.3 Å². The Kier molecular flexibility index (Phi) is 4.76. The molecule has 1 fully saturated rings. The number of amides is 1. The zero-order valence-electron chi connectivity index (χ0n) is 13.7. The van der Waals surface area contributed by atoms with E-state index in [1.165, 1.54) is 0 Å². The minimum Gasteiger partial charge on any atom is -0.378 e. The van der Waals surface area contributed by atoms with E-state index >= 15 is 0 Å². The minimum atomic E-state index is -0.911. The second-order valence-corrected chi connectivity index (χ2v) is 6.54. The third-order valence-corrected chi connectivity index (χ3v) is 5.08. The molecule has 1 aromatic carbocycles. The van der Waals surface area contributed by atoms with Crippen LogP contribution in [-0.2, 0) is 9.53 Å². The third-order valence-electron chi connectivity index (χ3n) is 5.08. The van der Waals surface area contributed by atoms with Gasteiger partial charge in [0.25, 0.3) is 0 Å². The van der Waals surface area contributed by atoms with Gasteiger partial charge < -0.3 is 20.8 Å². The fourth-order valence-electron chi connectivity index (χ4n) is 3.25. The molecule has 2 unspecified atom stereocenters. The molecule has 3 rings (SSSR count). The van der Waals surface area contributed by atoms with Gasteiger partial charge in [0.2, 0.25) is 5.91 Å². The molecule has 5 nitrogen and oxygen atoms in total. The number of anilines is 1. The molecule has 0 saturated heterocycles. The number of H-pyrrole nitrogens is 1. The van der Waals surface area contributed by atoms with Crippen molar-refractivity contribution in [3.05, 3.63) is 30.5 Å². The highest BCUT2D eigenvalue weighted by Crippen LogP contribution is 2.50. The van der Waals surface area contributed by atoms with Crippen molar-refractivity contribution in [1.29, 1.82) is 0 Å². The summed E-state index contributed by atoms with van der Waals surface area (Å²) in [4.78, 5) is 15.9. The third kappa shape index (κ3) is 2.63. The van der Waals surface area contributed by atoms with Gasteiger partial charge in [-0.2, -0.15) is 0 Å². The van der Waals surface area contributed by atoms with Crippen LogP contribution in [0.5, 0.6) is 0 Å². The maximum atomic E-state index is 12.7. The van der Waals surface area contributed by atoms with Crippen molar-refractivity contribution in [2.24, 2.45) is 11.1 Å². The lowest BCUT2D eigenvalue weighted by Crippen LogP contribution is -2.74. The molecule has 1 heterocycles. The molecule has 1 amide bonds. The molecule has 1 saturated carbocycles. The average Bonchev–Trinajstić information content (AvgIpc) is 2.96. The number of ether oxygens (including phenoxy) is 1. The molecule has 2 aromatic rings. The first-order valence-electron chi connectivity index (χ1n) is 7.68. The van der Waals surface area contributed by atoms with Gasteiger partial charge in [0.1, 0.15) is 5.54 Å². The number of rotatable bonds is 4. The summed E-state index contributed by atoms with van der Waals surface area (Å²) in [5.41, 5.74) is 6.88. The molecule has 1 aliphatic rings. The number of fused-ring (bicyclic) bond motifs is 1. The molecule has 0 spiro atoms. The second kappa shape index (κ2) is 6.15. The lowest BCUT2D eigenvalue weighted by molar-refractivity contribution is -0.166. The van der Waals surface area contributed by atoms with Gasteiger partial charge in [-0.1, -0.05) is 19.9 Å². The first-order valence-corrected chi connectivity index (χ1v) is 7.68. The molecule has 6 heteroatoms.